The number of rotatable bonds is 28. The normalized spacial score (nSPS) is 13.2. The van der Waals surface area contributed by atoms with Crippen LogP contribution in [-0.2, 0) is 18.9 Å². The van der Waals surface area contributed by atoms with Gasteiger partial charge in [0.25, 0.3) is 0 Å². The summed E-state index contributed by atoms with van der Waals surface area (Å²) in [6.45, 7) is 16.8. The summed E-state index contributed by atoms with van der Waals surface area (Å²) in [5.74, 6) is 2.16. The molecule has 0 aromatic carbocycles. The maximum atomic E-state index is 6.43. The van der Waals surface area contributed by atoms with Crippen LogP contribution in [-0.4, -0.2) is 67.8 Å². The van der Waals surface area contributed by atoms with Gasteiger partial charge in [0, 0.05) is 50.8 Å². The fourth-order valence-corrected chi connectivity index (χ4v) is 11.8. The molecule has 0 amide bonds. The molecule has 0 aliphatic rings. The van der Waals surface area contributed by atoms with E-state index in [9.17, 15) is 0 Å². The molecule has 0 bridgehead atoms. The Morgan fingerprint density at radius 1 is 0.514 bits per heavy atom. The van der Waals surface area contributed by atoms with Gasteiger partial charge in [-0.3, -0.25) is 0 Å². The van der Waals surface area contributed by atoms with Crippen LogP contribution < -0.4 is 0 Å². The Bertz CT molecular complexity index is 393. The predicted molar refractivity (Wildman–Crippen MR) is 169 cm³/mol. The largest absolute Gasteiger partial charge is 0.354 e. The monoisotopic (exact) mass is 586 g/mol. The highest BCUT2D eigenvalue weighted by molar-refractivity contribution is 9.09. The summed E-state index contributed by atoms with van der Waals surface area (Å²) >= 11 is 0. The second-order valence-electron chi connectivity index (χ2n) is 9.34. The van der Waals surface area contributed by atoms with Gasteiger partial charge in [0.05, 0.1) is 19.0 Å². The standard InChI is InChI=1S/C26H58O4S3Si2/c1-7-13-19-27-25(34-11-5,28-20-14-8-2)17-23-31-33-32-24-18-26(35-12-6,29-21-15-9-3)30-22-16-10-4/h7-24,34-35H2,1-6H3. The molecule has 0 aromatic rings. The summed E-state index contributed by atoms with van der Waals surface area (Å²) in [7, 11) is 5.01. The first-order valence-corrected chi connectivity index (χ1v) is 21.8. The van der Waals surface area contributed by atoms with Crippen molar-refractivity contribution in [1.29, 1.82) is 0 Å². The molecule has 0 heterocycles. The molecule has 0 aromatic heterocycles. The predicted octanol–water partition coefficient (Wildman–Crippen LogP) is 7.58. The van der Waals surface area contributed by atoms with E-state index in [4.69, 9.17) is 18.9 Å². The Morgan fingerprint density at radius 2 is 0.829 bits per heavy atom. The van der Waals surface area contributed by atoms with Gasteiger partial charge in [-0.2, -0.15) is 0 Å². The van der Waals surface area contributed by atoms with Gasteiger partial charge < -0.3 is 18.9 Å². The molecular formula is C26H58O4S3Si2. The molecular weight excluding hydrogens is 529 g/mol. The minimum Gasteiger partial charge on any atom is -0.354 e. The highest BCUT2D eigenvalue weighted by Crippen LogP contribution is 2.38. The third-order valence-corrected chi connectivity index (χ3v) is 14.2. The van der Waals surface area contributed by atoms with Crippen molar-refractivity contribution in [3.63, 3.8) is 0 Å². The van der Waals surface area contributed by atoms with E-state index in [1.807, 2.05) is 31.4 Å². The van der Waals surface area contributed by atoms with E-state index in [1.165, 1.54) is 37.8 Å². The minimum absolute atomic E-state index is 0.264. The lowest BCUT2D eigenvalue weighted by Gasteiger charge is -2.34. The highest BCUT2D eigenvalue weighted by Gasteiger charge is 2.32. The summed E-state index contributed by atoms with van der Waals surface area (Å²) in [4.78, 5) is 0. The van der Waals surface area contributed by atoms with Crippen LogP contribution in [0.25, 0.3) is 0 Å². The van der Waals surface area contributed by atoms with Gasteiger partial charge in [0.1, 0.15) is 10.8 Å². The quantitative estimate of drug-likeness (QED) is 0.0405. The maximum absolute atomic E-state index is 6.43. The molecule has 4 nitrogen and oxygen atoms in total. The summed E-state index contributed by atoms with van der Waals surface area (Å²) < 4.78 is 25.7. The zero-order chi connectivity index (χ0) is 26.1. The van der Waals surface area contributed by atoms with Gasteiger partial charge in [-0.05, 0) is 35.5 Å². The Labute approximate surface area is 235 Å². The Balaban J connectivity index is 4.63. The van der Waals surface area contributed by atoms with Gasteiger partial charge in [-0.1, -0.05) is 101 Å². The summed E-state index contributed by atoms with van der Waals surface area (Å²) in [6.07, 6.45) is 11.2. The van der Waals surface area contributed by atoms with Gasteiger partial charge in [-0.15, -0.1) is 0 Å². The summed E-state index contributed by atoms with van der Waals surface area (Å²) in [6, 6.07) is 2.45. The average Bonchev–Trinajstić information content (AvgIpc) is 2.84. The lowest BCUT2D eigenvalue weighted by atomic mass is 10.3. The number of hydrogen-bond acceptors (Lipinski definition) is 7. The van der Waals surface area contributed by atoms with E-state index in [2.05, 4.69) is 41.5 Å². The van der Waals surface area contributed by atoms with Crippen molar-refractivity contribution in [2.75, 3.05) is 37.9 Å². The fraction of sp³-hybridized carbons (Fsp3) is 1.00. The maximum Gasteiger partial charge on any atom is 0.145 e. The molecule has 9 heteroatoms. The van der Waals surface area contributed by atoms with Crippen molar-refractivity contribution >= 4 is 50.5 Å². The van der Waals surface area contributed by atoms with Gasteiger partial charge in [-0.25, -0.2) is 0 Å². The molecule has 35 heavy (non-hydrogen) atoms. The van der Waals surface area contributed by atoms with Crippen molar-refractivity contribution in [1.82, 2.24) is 0 Å². The van der Waals surface area contributed by atoms with Crippen LogP contribution in [0.4, 0.5) is 0 Å². The number of hydrogen-bond donors (Lipinski definition) is 0. The third kappa shape index (κ3) is 19.1. The first-order chi connectivity index (χ1) is 17.1. The van der Waals surface area contributed by atoms with E-state index in [-0.39, 0.29) is 10.8 Å². The van der Waals surface area contributed by atoms with Gasteiger partial charge in [0.2, 0.25) is 0 Å². The smallest absolute Gasteiger partial charge is 0.145 e. The van der Waals surface area contributed by atoms with E-state index in [1.54, 1.807) is 0 Å². The number of unbranched alkanes of at least 4 members (excludes halogenated alkanes) is 4. The molecule has 212 valence electrons. The van der Waals surface area contributed by atoms with Crippen LogP contribution in [0.1, 0.15) is 106 Å². The van der Waals surface area contributed by atoms with Crippen molar-refractivity contribution in [3.8, 4) is 0 Å². The molecule has 0 spiro atoms. The second kappa shape index (κ2) is 25.6. The van der Waals surface area contributed by atoms with Crippen LogP contribution in [0.3, 0.4) is 0 Å². The molecule has 0 fully saturated rings. The van der Waals surface area contributed by atoms with Crippen molar-refractivity contribution < 1.29 is 18.9 Å². The molecule has 0 aliphatic carbocycles. The molecule has 0 saturated heterocycles. The molecule has 0 saturated carbocycles. The number of ether oxygens (including phenoxy) is 4. The Hall–Kier alpha value is 1.32. The van der Waals surface area contributed by atoms with Gasteiger partial charge >= 0.3 is 0 Å². The van der Waals surface area contributed by atoms with E-state index in [0.29, 0.717) is 0 Å². The first-order valence-electron chi connectivity index (χ1n) is 14.5. The molecule has 0 aliphatic heterocycles. The van der Waals surface area contributed by atoms with E-state index in [0.717, 1.165) is 76.5 Å². The molecule has 0 N–H and O–H groups in total. The molecule has 0 unspecified atom stereocenters. The average molecular weight is 587 g/mol. The first kappa shape index (κ1) is 36.3. The lowest BCUT2D eigenvalue weighted by Crippen LogP contribution is -2.43. The van der Waals surface area contributed by atoms with Crippen LogP contribution in [0.5, 0.6) is 0 Å². The van der Waals surface area contributed by atoms with Crippen molar-refractivity contribution in [3.05, 3.63) is 0 Å². The fourth-order valence-electron chi connectivity index (χ4n) is 3.78. The topological polar surface area (TPSA) is 36.9 Å². The van der Waals surface area contributed by atoms with Crippen molar-refractivity contribution in [2.24, 2.45) is 0 Å². The van der Waals surface area contributed by atoms with Crippen LogP contribution in [0.2, 0.25) is 12.1 Å². The molecule has 0 radical (unpaired) electrons. The van der Waals surface area contributed by atoms with Crippen LogP contribution in [0.15, 0.2) is 0 Å². The van der Waals surface area contributed by atoms with E-state index < -0.39 is 19.0 Å². The van der Waals surface area contributed by atoms with Gasteiger partial charge in [0.15, 0.2) is 0 Å². The third-order valence-electron chi connectivity index (χ3n) is 5.94. The SMILES string of the molecule is CCCCOC(CCSSSCCC(OCCCC)(OCCCC)[SiH2]CC)(OCCCC)[SiH2]CC. The van der Waals surface area contributed by atoms with Crippen molar-refractivity contribution in [2.45, 2.75) is 129 Å². The highest BCUT2D eigenvalue weighted by atomic mass is 33.5. The lowest BCUT2D eigenvalue weighted by molar-refractivity contribution is -0.183. The second-order valence-corrected chi connectivity index (χ2v) is 19.0. The Morgan fingerprint density at radius 3 is 1.09 bits per heavy atom. The summed E-state index contributed by atoms with van der Waals surface area (Å²) in [5, 5.41) is 0. The zero-order valence-corrected chi connectivity index (χ0v) is 29.3. The van der Waals surface area contributed by atoms with Crippen LogP contribution in [0, 0.1) is 0 Å². The summed E-state index contributed by atoms with van der Waals surface area (Å²) in [5.41, 5.74) is -0.529. The molecule has 0 rings (SSSR count). The zero-order valence-electron chi connectivity index (χ0n) is 24.0. The minimum atomic E-state index is -0.419. The van der Waals surface area contributed by atoms with E-state index >= 15 is 0 Å². The Kier molecular flexibility index (Phi) is 26.6. The van der Waals surface area contributed by atoms with Crippen LogP contribution >= 0.6 is 31.4 Å². The molecule has 0 atom stereocenters.